The number of phenols is 1. The molecule has 0 saturated carbocycles. The minimum atomic E-state index is -0.756. The van der Waals surface area contributed by atoms with Gasteiger partial charge in [-0.3, -0.25) is 19.8 Å². The SMILES string of the molecule is O=C(NN1C(=O)c2ccccc2C1=O)c1cc(Br)ccc1O. The third-order valence-corrected chi connectivity index (χ3v) is 3.70. The number of hydrazine groups is 1. The fourth-order valence-electron chi connectivity index (χ4n) is 2.14. The second-order valence-corrected chi connectivity index (χ2v) is 5.51. The molecule has 0 unspecified atom stereocenters. The van der Waals surface area contributed by atoms with E-state index in [1.165, 1.54) is 24.3 Å². The smallest absolute Gasteiger partial charge is 0.280 e. The van der Waals surface area contributed by atoms with Gasteiger partial charge in [0.1, 0.15) is 5.75 Å². The normalized spacial score (nSPS) is 13.2. The van der Waals surface area contributed by atoms with Crippen LogP contribution in [0, 0.1) is 0 Å². The third kappa shape index (κ3) is 2.25. The van der Waals surface area contributed by atoms with Crippen molar-refractivity contribution >= 4 is 33.7 Å². The van der Waals surface area contributed by atoms with Crippen LogP contribution in [-0.2, 0) is 0 Å². The van der Waals surface area contributed by atoms with Crippen LogP contribution in [-0.4, -0.2) is 27.8 Å². The van der Waals surface area contributed by atoms with E-state index in [9.17, 15) is 19.5 Å². The van der Waals surface area contributed by atoms with E-state index >= 15 is 0 Å². The number of phenolic OH excluding ortho intramolecular Hbond substituents is 1. The second-order valence-electron chi connectivity index (χ2n) is 4.59. The van der Waals surface area contributed by atoms with Crippen LogP contribution in [0.2, 0.25) is 0 Å². The van der Waals surface area contributed by atoms with Gasteiger partial charge in [0, 0.05) is 4.47 Å². The zero-order valence-corrected chi connectivity index (χ0v) is 12.6. The lowest BCUT2D eigenvalue weighted by Gasteiger charge is -2.15. The highest BCUT2D eigenvalue weighted by Gasteiger charge is 2.36. The van der Waals surface area contributed by atoms with E-state index in [0.29, 0.717) is 9.48 Å². The summed E-state index contributed by atoms with van der Waals surface area (Å²) in [6, 6.07) is 10.6. The molecule has 110 valence electrons. The molecule has 0 bridgehead atoms. The molecule has 3 amide bonds. The van der Waals surface area contributed by atoms with Gasteiger partial charge in [-0.1, -0.05) is 28.1 Å². The summed E-state index contributed by atoms with van der Waals surface area (Å²) in [4.78, 5) is 36.5. The summed E-state index contributed by atoms with van der Waals surface area (Å²) in [5.74, 6) is -2.22. The van der Waals surface area contributed by atoms with Crippen LogP contribution in [0.4, 0.5) is 0 Å². The van der Waals surface area contributed by atoms with Crippen LogP contribution in [0.15, 0.2) is 46.9 Å². The van der Waals surface area contributed by atoms with Crippen LogP contribution >= 0.6 is 15.9 Å². The average molecular weight is 361 g/mol. The molecule has 1 heterocycles. The Bertz CT molecular complexity index is 784. The first-order valence-electron chi connectivity index (χ1n) is 6.26. The molecule has 0 fully saturated rings. The van der Waals surface area contributed by atoms with Crippen LogP contribution < -0.4 is 5.43 Å². The van der Waals surface area contributed by atoms with Crippen molar-refractivity contribution < 1.29 is 19.5 Å². The van der Waals surface area contributed by atoms with Crippen LogP contribution in [0.1, 0.15) is 31.1 Å². The van der Waals surface area contributed by atoms with Crippen molar-refractivity contribution in [3.8, 4) is 5.75 Å². The van der Waals surface area contributed by atoms with E-state index in [0.717, 1.165) is 0 Å². The Morgan fingerprint density at radius 3 is 2.23 bits per heavy atom. The standard InChI is InChI=1S/C15H9BrN2O4/c16-8-5-6-12(19)11(7-8)13(20)17-18-14(21)9-3-1-2-4-10(9)15(18)22/h1-7,19H,(H,17,20). The molecule has 0 atom stereocenters. The summed E-state index contributed by atoms with van der Waals surface area (Å²) in [5, 5.41) is 10.4. The molecule has 7 heteroatoms. The number of halogens is 1. The summed E-state index contributed by atoms with van der Waals surface area (Å²) < 4.78 is 0.581. The predicted molar refractivity (Wildman–Crippen MR) is 80.2 cm³/mol. The quantitative estimate of drug-likeness (QED) is 0.802. The molecule has 1 aliphatic heterocycles. The van der Waals surface area contributed by atoms with Gasteiger partial charge in [-0.15, -0.1) is 0 Å². The van der Waals surface area contributed by atoms with E-state index < -0.39 is 17.7 Å². The summed E-state index contributed by atoms with van der Waals surface area (Å²) in [7, 11) is 0. The number of hydrogen-bond donors (Lipinski definition) is 2. The van der Waals surface area contributed by atoms with Crippen LogP contribution in [0.3, 0.4) is 0 Å². The Morgan fingerprint density at radius 2 is 1.64 bits per heavy atom. The van der Waals surface area contributed by atoms with E-state index in [-0.39, 0.29) is 22.4 Å². The highest BCUT2D eigenvalue weighted by atomic mass is 79.9. The molecule has 0 aliphatic carbocycles. The number of nitrogens with one attached hydrogen (secondary N) is 1. The maximum absolute atomic E-state index is 12.2. The minimum absolute atomic E-state index is 0.0501. The highest BCUT2D eigenvalue weighted by molar-refractivity contribution is 9.10. The van der Waals surface area contributed by atoms with Gasteiger partial charge in [0.15, 0.2) is 0 Å². The zero-order chi connectivity index (χ0) is 15.9. The van der Waals surface area contributed by atoms with Crippen LogP contribution in [0.25, 0.3) is 0 Å². The average Bonchev–Trinajstić information content (AvgIpc) is 2.75. The van der Waals surface area contributed by atoms with Crippen molar-refractivity contribution in [3.63, 3.8) is 0 Å². The molecule has 2 aromatic carbocycles. The highest BCUT2D eigenvalue weighted by Crippen LogP contribution is 2.24. The monoisotopic (exact) mass is 360 g/mol. The molecule has 0 spiro atoms. The molecule has 1 aliphatic rings. The van der Waals surface area contributed by atoms with Gasteiger partial charge in [-0.2, -0.15) is 5.01 Å². The molecule has 0 saturated heterocycles. The molecule has 22 heavy (non-hydrogen) atoms. The lowest BCUT2D eigenvalue weighted by Crippen LogP contribution is -2.45. The molecule has 2 N–H and O–H groups in total. The molecular formula is C15H9BrN2O4. The van der Waals surface area contributed by atoms with E-state index in [2.05, 4.69) is 21.4 Å². The number of benzene rings is 2. The van der Waals surface area contributed by atoms with Crippen LogP contribution in [0.5, 0.6) is 5.75 Å². The summed E-state index contributed by atoms with van der Waals surface area (Å²) in [5.41, 5.74) is 2.63. The molecular weight excluding hydrogens is 352 g/mol. The van der Waals surface area contributed by atoms with Gasteiger partial charge in [-0.25, -0.2) is 0 Å². The molecule has 6 nitrogen and oxygen atoms in total. The largest absolute Gasteiger partial charge is 0.507 e. The van der Waals surface area contributed by atoms with Crippen molar-refractivity contribution in [3.05, 3.63) is 63.6 Å². The van der Waals surface area contributed by atoms with E-state index in [4.69, 9.17) is 0 Å². The van der Waals surface area contributed by atoms with Gasteiger partial charge in [0.25, 0.3) is 17.7 Å². The summed E-state index contributed by atoms with van der Waals surface area (Å²) in [6.07, 6.45) is 0. The van der Waals surface area contributed by atoms with Crippen molar-refractivity contribution in [2.24, 2.45) is 0 Å². The topological polar surface area (TPSA) is 86.7 Å². The van der Waals surface area contributed by atoms with Gasteiger partial charge < -0.3 is 5.11 Å². The Kier molecular flexibility index (Phi) is 3.42. The zero-order valence-electron chi connectivity index (χ0n) is 11.0. The number of carbonyl (C=O) groups is 3. The van der Waals surface area contributed by atoms with Gasteiger partial charge in [0.2, 0.25) is 0 Å². The number of amides is 3. The fourth-order valence-corrected chi connectivity index (χ4v) is 2.50. The van der Waals surface area contributed by atoms with Crippen molar-refractivity contribution in [1.82, 2.24) is 10.4 Å². The number of aromatic hydroxyl groups is 1. The van der Waals surface area contributed by atoms with Gasteiger partial charge in [0.05, 0.1) is 16.7 Å². The third-order valence-electron chi connectivity index (χ3n) is 3.21. The predicted octanol–water partition coefficient (Wildman–Crippen LogP) is 2.10. The first-order chi connectivity index (χ1) is 10.5. The second kappa shape index (κ2) is 5.27. The van der Waals surface area contributed by atoms with Crippen molar-refractivity contribution in [1.29, 1.82) is 0 Å². The fraction of sp³-hybridized carbons (Fsp3) is 0. The van der Waals surface area contributed by atoms with Crippen molar-refractivity contribution in [2.45, 2.75) is 0 Å². The van der Waals surface area contributed by atoms with Gasteiger partial charge >= 0.3 is 0 Å². The molecule has 2 aromatic rings. The Balaban J connectivity index is 1.89. The lowest BCUT2D eigenvalue weighted by molar-refractivity contribution is 0.0517. The molecule has 3 rings (SSSR count). The Morgan fingerprint density at radius 1 is 1.05 bits per heavy atom. The molecule has 0 aromatic heterocycles. The molecule has 0 radical (unpaired) electrons. The number of fused-ring (bicyclic) bond motifs is 1. The number of hydrogen-bond acceptors (Lipinski definition) is 4. The number of nitrogens with zero attached hydrogens (tertiary/aromatic N) is 1. The van der Waals surface area contributed by atoms with E-state index in [1.807, 2.05) is 0 Å². The van der Waals surface area contributed by atoms with Crippen molar-refractivity contribution in [2.75, 3.05) is 0 Å². The number of rotatable bonds is 2. The Hall–Kier alpha value is -2.67. The van der Waals surface area contributed by atoms with E-state index in [1.54, 1.807) is 18.2 Å². The van der Waals surface area contributed by atoms with Gasteiger partial charge in [-0.05, 0) is 30.3 Å². The minimum Gasteiger partial charge on any atom is -0.507 e. The summed E-state index contributed by atoms with van der Waals surface area (Å²) in [6.45, 7) is 0. The first-order valence-corrected chi connectivity index (χ1v) is 7.05. The number of carbonyl (C=O) groups excluding carboxylic acids is 3. The lowest BCUT2D eigenvalue weighted by atomic mass is 10.1. The maximum Gasteiger partial charge on any atom is 0.280 e. The maximum atomic E-state index is 12.2. The summed E-state index contributed by atoms with van der Waals surface area (Å²) >= 11 is 3.19. The Labute approximate surface area is 133 Å². The first kappa shape index (κ1) is 14.3. The number of imide groups is 1.